The number of hydrogen-bond acceptors (Lipinski definition) is 6. The van der Waals surface area contributed by atoms with Gasteiger partial charge in [-0.15, -0.1) is 0 Å². The standard InChI is InChI=1S/C8H12N2O6S2/c11-5(9-3(1-17)7(13)14)6(12)10-4(2-18)8(15)16/h3-4,17-18H,1-2H2,(H,9,11)(H,10,12)(H,13,14)(H,15,16)/t3-,4-/m0/s1. The highest BCUT2D eigenvalue weighted by Gasteiger charge is 2.26. The topological polar surface area (TPSA) is 133 Å². The predicted octanol–water partition coefficient (Wildman–Crippen LogP) is -2.02. The van der Waals surface area contributed by atoms with Crippen molar-refractivity contribution in [3.8, 4) is 0 Å². The fourth-order valence-corrected chi connectivity index (χ4v) is 1.31. The van der Waals surface area contributed by atoms with Crippen LogP contribution in [-0.2, 0) is 19.2 Å². The molecule has 0 radical (unpaired) electrons. The molecule has 2 atom stereocenters. The molecule has 0 aromatic carbocycles. The van der Waals surface area contributed by atoms with E-state index in [9.17, 15) is 19.2 Å². The average molecular weight is 296 g/mol. The largest absolute Gasteiger partial charge is 0.480 e. The molecule has 2 amide bonds. The van der Waals surface area contributed by atoms with Gasteiger partial charge in [-0.25, -0.2) is 9.59 Å². The monoisotopic (exact) mass is 296 g/mol. The van der Waals surface area contributed by atoms with Crippen molar-refractivity contribution in [1.82, 2.24) is 10.6 Å². The van der Waals surface area contributed by atoms with Gasteiger partial charge in [-0.05, 0) is 0 Å². The molecular formula is C8H12N2O6S2. The molecule has 0 aliphatic rings. The van der Waals surface area contributed by atoms with E-state index in [1.54, 1.807) is 0 Å². The Morgan fingerprint density at radius 1 is 0.833 bits per heavy atom. The lowest BCUT2D eigenvalue weighted by Gasteiger charge is -2.14. The van der Waals surface area contributed by atoms with Crippen LogP contribution in [0.15, 0.2) is 0 Å². The summed E-state index contributed by atoms with van der Waals surface area (Å²) in [4.78, 5) is 43.7. The molecule has 0 saturated heterocycles. The molecule has 0 rings (SSSR count). The molecule has 0 fully saturated rings. The van der Waals surface area contributed by atoms with Gasteiger partial charge in [0.15, 0.2) is 0 Å². The molecule has 0 unspecified atom stereocenters. The Morgan fingerprint density at radius 3 is 1.28 bits per heavy atom. The van der Waals surface area contributed by atoms with Crippen molar-refractivity contribution in [2.24, 2.45) is 0 Å². The lowest BCUT2D eigenvalue weighted by Crippen LogP contribution is -2.52. The summed E-state index contributed by atoms with van der Waals surface area (Å²) in [5.41, 5.74) is 0. The summed E-state index contributed by atoms with van der Waals surface area (Å²) in [6.45, 7) is 0. The zero-order valence-electron chi connectivity index (χ0n) is 8.99. The van der Waals surface area contributed by atoms with Crippen LogP contribution in [0.1, 0.15) is 0 Å². The van der Waals surface area contributed by atoms with Crippen molar-refractivity contribution >= 4 is 49.0 Å². The molecule has 18 heavy (non-hydrogen) atoms. The Balaban J connectivity index is 4.47. The number of nitrogens with one attached hydrogen (secondary N) is 2. The van der Waals surface area contributed by atoms with Gasteiger partial charge in [0.05, 0.1) is 0 Å². The number of carbonyl (C=O) groups is 4. The van der Waals surface area contributed by atoms with Gasteiger partial charge in [-0.2, -0.15) is 25.3 Å². The Kier molecular flexibility index (Phi) is 7.20. The summed E-state index contributed by atoms with van der Waals surface area (Å²) in [6.07, 6.45) is 0. The van der Waals surface area contributed by atoms with Crippen LogP contribution in [0.3, 0.4) is 0 Å². The highest BCUT2D eigenvalue weighted by molar-refractivity contribution is 7.80. The molecule has 102 valence electrons. The number of carboxylic acid groups (broad SMARTS) is 2. The van der Waals surface area contributed by atoms with E-state index in [0.29, 0.717) is 0 Å². The third-order valence-electron chi connectivity index (χ3n) is 1.78. The van der Waals surface area contributed by atoms with Crippen LogP contribution >= 0.6 is 25.3 Å². The minimum absolute atomic E-state index is 0.205. The first kappa shape index (κ1) is 16.6. The molecule has 0 aliphatic heterocycles. The summed E-state index contributed by atoms with van der Waals surface area (Å²) in [7, 11) is 0. The lowest BCUT2D eigenvalue weighted by atomic mass is 10.3. The zero-order chi connectivity index (χ0) is 14.3. The number of amides is 2. The van der Waals surface area contributed by atoms with Gasteiger partial charge in [-0.3, -0.25) is 9.59 Å². The average Bonchev–Trinajstić information content (AvgIpc) is 2.31. The number of rotatable bonds is 6. The minimum atomic E-state index is -1.35. The first-order valence-corrected chi connectivity index (χ1v) is 5.88. The second-order valence-corrected chi connectivity index (χ2v) is 3.82. The summed E-state index contributed by atoms with van der Waals surface area (Å²) < 4.78 is 0. The third kappa shape index (κ3) is 5.27. The number of aliphatic carboxylic acids is 2. The number of carboxylic acids is 2. The number of thiol groups is 2. The SMILES string of the molecule is O=C(N[C@@H](CS)C(=O)O)C(=O)N[C@@H](CS)C(=O)O. The summed E-state index contributed by atoms with van der Waals surface area (Å²) in [5.74, 6) is -5.61. The second kappa shape index (κ2) is 7.82. The van der Waals surface area contributed by atoms with Gasteiger partial charge in [0.1, 0.15) is 12.1 Å². The minimum Gasteiger partial charge on any atom is -0.480 e. The Labute approximate surface area is 113 Å². The van der Waals surface area contributed by atoms with Crippen LogP contribution in [0.2, 0.25) is 0 Å². The van der Waals surface area contributed by atoms with Crippen LogP contribution in [-0.4, -0.2) is 57.6 Å². The van der Waals surface area contributed by atoms with Crippen LogP contribution < -0.4 is 10.6 Å². The van der Waals surface area contributed by atoms with Gasteiger partial charge in [0.25, 0.3) is 0 Å². The normalized spacial score (nSPS) is 13.2. The first-order valence-electron chi connectivity index (χ1n) is 4.62. The van der Waals surface area contributed by atoms with E-state index >= 15 is 0 Å². The van der Waals surface area contributed by atoms with E-state index in [-0.39, 0.29) is 11.5 Å². The summed E-state index contributed by atoms with van der Waals surface area (Å²) in [6, 6.07) is -2.66. The Morgan fingerprint density at radius 2 is 1.11 bits per heavy atom. The van der Waals surface area contributed by atoms with Crippen molar-refractivity contribution in [2.75, 3.05) is 11.5 Å². The maximum Gasteiger partial charge on any atom is 0.327 e. The van der Waals surface area contributed by atoms with Crippen LogP contribution in [0.4, 0.5) is 0 Å². The van der Waals surface area contributed by atoms with Gasteiger partial charge in [0, 0.05) is 11.5 Å². The van der Waals surface area contributed by atoms with Crippen molar-refractivity contribution in [1.29, 1.82) is 0 Å². The lowest BCUT2D eigenvalue weighted by molar-refractivity contribution is -0.146. The molecule has 0 aromatic heterocycles. The van der Waals surface area contributed by atoms with E-state index in [1.165, 1.54) is 0 Å². The number of hydrogen-bond donors (Lipinski definition) is 6. The maximum absolute atomic E-state index is 11.3. The highest BCUT2D eigenvalue weighted by atomic mass is 32.1. The van der Waals surface area contributed by atoms with E-state index in [2.05, 4.69) is 25.3 Å². The van der Waals surface area contributed by atoms with Crippen molar-refractivity contribution in [2.45, 2.75) is 12.1 Å². The third-order valence-corrected chi connectivity index (χ3v) is 2.51. The Hall–Kier alpha value is -1.42. The predicted molar refractivity (Wildman–Crippen MR) is 66.8 cm³/mol. The molecule has 8 nitrogen and oxygen atoms in total. The van der Waals surface area contributed by atoms with Crippen molar-refractivity contribution in [3.05, 3.63) is 0 Å². The first-order chi connectivity index (χ1) is 8.33. The second-order valence-electron chi connectivity index (χ2n) is 3.09. The molecule has 0 saturated carbocycles. The fourth-order valence-electron chi connectivity index (χ4n) is 0.819. The van der Waals surface area contributed by atoms with Gasteiger partial charge in [-0.1, -0.05) is 0 Å². The molecule has 0 spiro atoms. The van der Waals surface area contributed by atoms with Crippen molar-refractivity contribution in [3.63, 3.8) is 0 Å². The summed E-state index contributed by atoms with van der Waals surface area (Å²) >= 11 is 7.37. The van der Waals surface area contributed by atoms with Crippen LogP contribution in [0, 0.1) is 0 Å². The van der Waals surface area contributed by atoms with Gasteiger partial charge < -0.3 is 20.8 Å². The molecule has 0 aromatic rings. The van der Waals surface area contributed by atoms with E-state index in [4.69, 9.17) is 10.2 Å². The molecular weight excluding hydrogens is 284 g/mol. The molecule has 0 aliphatic carbocycles. The molecule has 10 heteroatoms. The van der Waals surface area contributed by atoms with Gasteiger partial charge >= 0.3 is 23.8 Å². The van der Waals surface area contributed by atoms with Crippen molar-refractivity contribution < 1.29 is 29.4 Å². The molecule has 0 bridgehead atoms. The van der Waals surface area contributed by atoms with E-state index < -0.39 is 35.8 Å². The molecule has 4 N–H and O–H groups in total. The fraction of sp³-hybridized carbons (Fsp3) is 0.500. The number of carbonyl (C=O) groups excluding carboxylic acids is 2. The van der Waals surface area contributed by atoms with E-state index in [1.807, 2.05) is 10.6 Å². The maximum atomic E-state index is 11.3. The quantitative estimate of drug-likeness (QED) is 0.248. The smallest absolute Gasteiger partial charge is 0.327 e. The zero-order valence-corrected chi connectivity index (χ0v) is 10.8. The molecule has 0 heterocycles. The van der Waals surface area contributed by atoms with Gasteiger partial charge in [0.2, 0.25) is 0 Å². The summed E-state index contributed by atoms with van der Waals surface area (Å²) in [5, 5.41) is 21.0. The Bertz CT molecular complexity index is 327. The van der Waals surface area contributed by atoms with E-state index in [0.717, 1.165) is 0 Å². The van der Waals surface area contributed by atoms with Crippen LogP contribution in [0.5, 0.6) is 0 Å². The van der Waals surface area contributed by atoms with Crippen LogP contribution in [0.25, 0.3) is 0 Å². The highest BCUT2D eigenvalue weighted by Crippen LogP contribution is 1.91.